The second-order valence-corrected chi connectivity index (χ2v) is 9.62. The van der Waals surface area contributed by atoms with Crippen LogP contribution in [0.1, 0.15) is 24.0 Å². The van der Waals surface area contributed by atoms with Gasteiger partial charge >= 0.3 is 6.18 Å². The standard InChI is InChI=1S/C26H27F4N5O3/c27-24-4-1-16(9-31-24)13-38-23-12-35(19-5-6-37-14-19)11-17(23)7-20(36)10-32-25-21-8-18(26(28,29)30)2-3-22(21)33-15-34-25/h1-4,8-9,15,17,19,23H,5-7,10-14H2,(H,32,33,34)/t17?,19?,23-/m0/s1. The summed E-state index contributed by atoms with van der Waals surface area (Å²) >= 11 is 0. The Hall–Kier alpha value is -3.22. The number of hydrogen-bond acceptors (Lipinski definition) is 8. The Labute approximate surface area is 216 Å². The number of carbonyl (C=O) groups excluding carboxylic acids is 1. The predicted octanol–water partition coefficient (Wildman–Crippen LogP) is 3.86. The zero-order valence-corrected chi connectivity index (χ0v) is 20.5. The number of alkyl halides is 3. The van der Waals surface area contributed by atoms with Crippen LogP contribution < -0.4 is 5.32 Å². The fourth-order valence-corrected chi connectivity index (χ4v) is 4.98. The highest BCUT2D eigenvalue weighted by atomic mass is 19.4. The molecular weight excluding hydrogens is 506 g/mol. The van der Waals surface area contributed by atoms with Crippen molar-refractivity contribution in [1.82, 2.24) is 19.9 Å². The van der Waals surface area contributed by atoms with Crippen LogP contribution in [0, 0.1) is 11.9 Å². The van der Waals surface area contributed by atoms with Crippen molar-refractivity contribution in [2.75, 3.05) is 38.2 Å². The molecule has 8 nitrogen and oxygen atoms in total. The van der Waals surface area contributed by atoms with Crippen LogP contribution in [0.25, 0.3) is 10.9 Å². The molecular formula is C26H27F4N5O3. The number of carbonyl (C=O) groups is 1. The van der Waals surface area contributed by atoms with Gasteiger partial charge in [-0.2, -0.15) is 17.6 Å². The van der Waals surface area contributed by atoms with E-state index in [0.717, 1.165) is 24.1 Å². The number of benzene rings is 1. The molecule has 4 heterocycles. The molecule has 1 aromatic carbocycles. The van der Waals surface area contributed by atoms with Crippen molar-refractivity contribution < 1.29 is 31.8 Å². The molecule has 2 saturated heterocycles. The molecule has 2 aliphatic rings. The SMILES string of the molecule is O=C(CNc1ncnc2ccc(C(F)(F)F)cc12)CC1CN(C2CCOC2)C[C@@H]1OCc1ccc(F)nc1. The van der Waals surface area contributed by atoms with Gasteiger partial charge in [0.05, 0.1) is 36.9 Å². The van der Waals surface area contributed by atoms with Crippen LogP contribution >= 0.6 is 0 Å². The summed E-state index contributed by atoms with van der Waals surface area (Å²) in [4.78, 5) is 27.0. The van der Waals surface area contributed by atoms with Gasteiger partial charge in [0.25, 0.3) is 0 Å². The van der Waals surface area contributed by atoms with Crippen LogP contribution in [0.3, 0.4) is 0 Å². The van der Waals surface area contributed by atoms with Gasteiger partial charge in [-0.25, -0.2) is 15.0 Å². The van der Waals surface area contributed by atoms with E-state index in [0.29, 0.717) is 31.8 Å². The van der Waals surface area contributed by atoms with E-state index >= 15 is 0 Å². The molecule has 5 rings (SSSR count). The number of nitrogens with zero attached hydrogens (tertiary/aromatic N) is 4. The minimum absolute atomic E-state index is 0.0858. The maximum atomic E-state index is 13.2. The van der Waals surface area contributed by atoms with E-state index in [1.807, 2.05) is 0 Å². The maximum absolute atomic E-state index is 13.2. The van der Waals surface area contributed by atoms with Crippen molar-refractivity contribution in [3.05, 3.63) is 59.9 Å². The number of ether oxygens (including phenoxy) is 2. The molecule has 0 aliphatic carbocycles. The average Bonchev–Trinajstić information content (AvgIpc) is 3.57. The largest absolute Gasteiger partial charge is 0.416 e. The lowest BCUT2D eigenvalue weighted by molar-refractivity contribution is -0.137. The second-order valence-electron chi connectivity index (χ2n) is 9.62. The average molecular weight is 534 g/mol. The normalized spacial score (nSPS) is 22.3. The fraction of sp³-hybridized carbons (Fsp3) is 0.462. The first-order valence-corrected chi connectivity index (χ1v) is 12.4. The molecule has 0 spiro atoms. The number of ketones is 1. The molecule has 0 bridgehead atoms. The Morgan fingerprint density at radius 1 is 1.16 bits per heavy atom. The number of anilines is 1. The summed E-state index contributed by atoms with van der Waals surface area (Å²) in [6.45, 7) is 2.79. The van der Waals surface area contributed by atoms with E-state index in [4.69, 9.17) is 9.47 Å². The fourth-order valence-electron chi connectivity index (χ4n) is 4.98. The van der Waals surface area contributed by atoms with Gasteiger partial charge in [-0.3, -0.25) is 9.69 Å². The molecule has 2 fully saturated rings. The van der Waals surface area contributed by atoms with Crippen LogP contribution in [0.4, 0.5) is 23.4 Å². The second kappa shape index (κ2) is 11.3. The van der Waals surface area contributed by atoms with Crippen LogP contribution in [0.2, 0.25) is 0 Å². The zero-order valence-electron chi connectivity index (χ0n) is 20.5. The number of rotatable bonds is 9. The number of halogens is 4. The van der Waals surface area contributed by atoms with E-state index in [2.05, 4.69) is 25.2 Å². The van der Waals surface area contributed by atoms with E-state index in [9.17, 15) is 22.4 Å². The van der Waals surface area contributed by atoms with Gasteiger partial charge in [0.1, 0.15) is 12.1 Å². The summed E-state index contributed by atoms with van der Waals surface area (Å²) in [5.74, 6) is -0.598. The Kier molecular flexibility index (Phi) is 7.82. The Morgan fingerprint density at radius 3 is 2.76 bits per heavy atom. The summed E-state index contributed by atoms with van der Waals surface area (Å²) in [5, 5.41) is 3.09. The molecule has 202 valence electrons. The smallest absolute Gasteiger partial charge is 0.380 e. The summed E-state index contributed by atoms with van der Waals surface area (Å²) in [7, 11) is 0. The lowest BCUT2D eigenvalue weighted by Crippen LogP contribution is -2.34. The molecule has 3 atom stereocenters. The van der Waals surface area contributed by atoms with Gasteiger partial charge < -0.3 is 14.8 Å². The van der Waals surface area contributed by atoms with Crippen molar-refractivity contribution in [3.8, 4) is 0 Å². The molecule has 2 aromatic heterocycles. The Morgan fingerprint density at radius 2 is 2.03 bits per heavy atom. The van der Waals surface area contributed by atoms with Crippen LogP contribution in [-0.4, -0.2) is 70.6 Å². The summed E-state index contributed by atoms with van der Waals surface area (Å²) in [6, 6.07) is 6.38. The highest BCUT2D eigenvalue weighted by molar-refractivity contribution is 5.91. The van der Waals surface area contributed by atoms with E-state index < -0.39 is 17.7 Å². The first-order chi connectivity index (χ1) is 18.3. The van der Waals surface area contributed by atoms with Gasteiger partial charge in [0.15, 0.2) is 5.78 Å². The molecule has 2 unspecified atom stereocenters. The predicted molar refractivity (Wildman–Crippen MR) is 130 cm³/mol. The highest BCUT2D eigenvalue weighted by Crippen LogP contribution is 2.33. The van der Waals surface area contributed by atoms with Crippen LogP contribution in [-0.2, 0) is 27.1 Å². The van der Waals surface area contributed by atoms with Crippen molar-refractivity contribution in [2.24, 2.45) is 5.92 Å². The lowest BCUT2D eigenvalue weighted by Gasteiger charge is -2.22. The van der Waals surface area contributed by atoms with Crippen LogP contribution in [0.5, 0.6) is 0 Å². The number of likely N-dealkylation sites (tertiary alicyclic amines) is 1. The van der Waals surface area contributed by atoms with Crippen molar-refractivity contribution in [1.29, 1.82) is 0 Å². The molecule has 0 radical (unpaired) electrons. The molecule has 38 heavy (non-hydrogen) atoms. The van der Waals surface area contributed by atoms with Gasteiger partial charge in [0, 0.05) is 49.7 Å². The van der Waals surface area contributed by atoms with Crippen molar-refractivity contribution in [2.45, 2.75) is 37.8 Å². The number of pyridine rings is 1. The minimum atomic E-state index is -4.51. The summed E-state index contributed by atoms with van der Waals surface area (Å²) in [5.41, 5.74) is 0.263. The summed E-state index contributed by atoms with van der Waals surface area (Å²) in [6.07, 6.45) is -0.923. The third-order valence-corrected chi connectivity index (χ3v) is 6.99. The quantitative estimate of drug-likeness (QED) is 0.328. The molecule has 2 aliphatic heterocycles. The Balaban J connectivity index is 1.24. The van der Waals surface area contributed by atoms with E-state index in [1.165, 1.54) is 24.7 Å². The molecule has 12 heteroatoms. The summed E-state index contributed by atoms with van der Waals surface area (Å²) < 4.78 is 64.4. The molecule has 3 aromatic rings. The zero-order chi connectivity index (χ0) is 26.7. The monoisotopic (exact) mass is 533 g/mol. The van der Waals surface area contributed by atoms with E-state index in [1.54, 1.807) is 6.07 Å². The molecule has 0 saturated carbocycles. The Bertz CT molecular complexity index is 1270. The van der Waals surface area contributed by atoms with E-state index in [-0.39, 0.29) is 54.6 Å². The van der Waals surface area contributed by atoms with Gasteiger partial charge in [0.2, 0.25) is 5.95 Å². The maximum Gasteiger partial charge on any atom is 0.416 e. The lowest BCUT2D eigenvalue weighted by atomic mass is 9.99. The first-order valence-electron chi connectivity index (χ1n) is 12.4. The van der Waals surface area contributed by atoms with Gasteiger partial charge in [-0.1, -0.05) is 6.07 Å². The number of Topliss-reactive ketones (excluding diaryl/α,β-unsaturated/α-hetero) is 1. The van der Waals surface area contributed by atoms with Gasteiger partial charge in [-0.05, 0) is 36.2 Å². The van der Waals surface area contributed by atoms with Crippen molar-refractivity contribution in [3.63, 3.8) is 0 Å². The number of hydrogen-bond donors (Lipinski definition) is 1. The van der Waals surface area contributed by atoms with Crippen molar-refractivity contribution >= 4 is 22.5 Å². The third-order valence-electron chi connectivity index (χ3n) is 6.99. The molecule has 0 amide bonds. The number of fused-ring (bicyclic) bond motifs is 1. The number of nitrogens with one attached hydrogen (secondary N) is 1. The molecule has 1 N–H and O–H groups in total. The highest BCUT2D eigenvalue weighted by Gasteiger charge is 2.39. The minimum Gasteiger partial charge on any atom is -0.380 e. The third kappa shape index (κ3) is 6.25. The van der Waals surface area contributed by atoms with Crippen LogP contribution in [0.15, 0.2) is 42.9 Å². The first kappa shape index (κ1) is 26.4. The number of aromatic nitrogens is 3. The van der Waals surface area contributed by atoms with Gasteiger partial charge in [-0.15, -0.1) is 0 Å². The topological polar surface area (TPSA) is 89.5 Å².